The first-order chi connectivity index (χ1) is 12.6. The highest BCUT2D eigenvalue weighted by atomic mass is 127. The number of nitrogens with zero attached hydrogens (tertiary/aromatic N) is 2. The molecule has 1 atom stereocenters. The lowest BCUT2D eigenvalue weighted by Crippen LogP contribution is -2.53. The lowest BCUT2D eigenvalue weighted by atomic mass is 9.88. The molecule has 2 fully saturated rings. The summed E-state index contributed by atoms with van der Waals surface area (Å²) in [5, 5.41) is 3.85. The van der Waals surface area contributed by atoms with Gasteiger partial charge in [0.05, 0.1) is 6.54 Å². The van der Waals surface area contributed by atoms with E-state index in [9.17, 15) is 0 Å². The van der Waals surface area contributed by atoms with Crippen LogP contribution in [0.2, 0.25) is 0 Å². The molecular formula is C21H35IN4O. The van der Waals surface area contributed by atoms with Crippen LogP contribution in [0.1, 0.15) is 51.1 Å². The number of nitrogens with two attached hydrogens (primary N) is 1. The van der Waals surface area contributed by atoms with Gasteiger partial charge >= 0.3 is 0 Å². The van der Waals surface area contributed by atoms with Crippen molar-refractivity contribution in [1.29, 1.82) is 0 Å². The maximum Gasteiger partial charge on any atom is 0.191 e. The third-order valence-electron chi connectivity index (χ3n) is 5.92. The van der Waals surface area contributed by atoms with Crippen molar-refractivity contribution in [3.8, 4) is 0 Å². The molecule has 5 nitrogen and oxygen atoms in total. The van der Waals surface area contributed by atoms with Crippen LogP contribution >= 0.6 is 24.0 Å². The lowest BCUT2D eigenvalue weighted by molar-refractivity contribution is 0.0373. The number of halogens is 1. The molecule has 0 aromatic heterocycles. The van der Waals surface area contributed by atoms with Crippen LogP contribution in [0, 0.1) is 5.92 Å². The Morgan fingerprint density at radius 3 is 2.52 bits per heavy atom. The molecular weight excluding hydrogens is 451 g/mol. The second kappa shape index (κ2) is 10.6. The van der Waals surface area contributed by atoms with Crippen LogP contribution in [0.5, 0.6) is 0 Å². The van der Waals surface area contributed by atoms with Crippen LogP contribution in [0.25, 0.3) is 0 Å². The minimum absolute atomic E-state index is 0. The summed E-state index contributed by atoms with van der Waals surface area (Å²) in [4.78, 5) is 7.06. The molecule has 1 aromatic carbocycles. The van der Waals surface area contributed by atoms with Gasteiger partial charge in [0.25, 0.3) is 0 Å². The third kappa shape index (κ3) is 6.32. The Hall–Kier alpha value is -0.860. The second-order valence-corrected chi connectivity index (χ2v) is 8.01. The van der Waals surface area contributed by atoms with Crippen LogP contribution < -0.4 is 11.1 Å². The molecule has 3 N–H and O–H groups in total. The fourth-order valence-electron chi connectivity index (χ4n) is 3.96. The first-order valence-corrected chi connectivity index (χ1v) is 10.0. The van der Waals surface area contributed by atoms with E-state index in [0.717, 1.165) is 45.1 Å². The monoisotopic (exact) mass is 486 g/mol. The van der Waals surface area contributed by atoms with Crippen molar-refractivity contribution < 1.29 is 4.74 Å². The van der Waals surface area contributed by atoms with E-state index in [-0.39, 0.29) is 35.6 Å². The summed E-state index contributed by atoms with van der Waals surface area (Å²) in [7, 11) is 0. The van der Waals surface area contributed by atoms with E-state index in [1.54, 1.807) is 0 Å². The van der Waals surface area contributed by atoms with Gasteiger partial charge in [-0.2, -0.15) is 0 Å². The topological polar surface area (TPSA) is 62.9 Å². The number of hydrogen-bond donors (Lipinski definition) is 2. The van der Waals surface area contributed by atoms with E-state index in [1.165, 1.54) is 18.4 Å². The van der Waals surface area contributed by atoms with Crippen LogP contribution in [0.4, 0.5) is 0 Å². The number of ether oxygens (including phenoxy) is 1. The van der Waals surface area contributed by atoms with Crippen molar-refractivity contribution in [3.63, 3.8) is 0 Å². The van der Waals surface area contributed by atoms with Crippen molar-refractivity contribution in [2.24, 2.45) is 16.6 Å². The molecule has 27 heavy (non-hydrogen) atoms. The molecule has 0 amide bonds. The van der Waals surface area contributed by atoms with E-state index < -0.39 is 0 Å². The quantitative estimate of drug-likeness (QED) is 0.380. The Morgan fingerprint density at radius 2 is 1.89 bits per heavy atom. The predicted octanol–water partition coefficient (Wildman–Crippen LogP) is 3.55. The zero-order valence-corrected chi connectivity index (χ0v) is 19.0. The maximum absolute atomic E-state index is 6.33. The summed E-state index contributed by atoms with van der Waals surface area (Å²) in [6.07, 6.45) is 4.35. The average molecular weight is 486 g/mol. The van der Waals surface area contributed by atoms with Crippen molar-refractivity contribution >= 4 is 29.9 Å². The van der Waals surface area contributed by atoms with Gasteiger partial charge < -0.3 is 20.7 Å². The summed E-state index contributed by atoms with van der Waals surface area (Å²) in [5.41, 5.74) is 7.59. The third-order valence-corrected chi connectivity index (χ3v) is 5.92. The standard InChI is InChI=1S/C21H34N4O.HI/c1-17-8-12-25(13-9-17)20(22)23-16-21(10-14-26-15-11-21)24-18(2)19-6-4-3-5-7-19;/h3-7,17-18,24H,8-16H2,1-2H3,(H2,22,23);1H. The zero-order valence-electron chi connectivity index (χ0n) is 16.7. The lowest BCUT2D eigenvalue weighted by Gasteiger charge is -2.40. The molecule has 2 aliphatic heterocycles. The van der Waals surface area contributed by atoms with Crippen LogP contribution in [-0.2, 0) is 4.74 Å². The number of likely N-dealkylation sites (tertiary alicyclic amines) is 1. The minimum atomic E-state index is -0.0405. The smallest absolute Gasteiger partial charge is 0.191 e. The molecule has 0 saturated carbocycles. The molecule has 0 radical (unpaired) electrons. The SMILES string of the molecule is CC1CCN(C(N)=NCC2(NC(C)c3ccccc3)CCOCC2)CC1.I. The number of benzene rings is 1. The Morgan fingerprint density at radius 1 is 1.26 bits per heavy atom. The van der Waals surface area contributed by atoms with Gasteiger partial charge in [-0.15, -0.1) is 24.0 Å². The molecule has 2 heterocycles. The van der Waals surface area contributed by atoms with Crippen molar-refractivity contribution in [1.82, 2.24) is 10.2 Å². The summed E-state index contributed by atoms with van der Waals surface area (Å²) >= 11 is 0. The van der Waals surface area contributed by atoms with Gasteiger partial charge in [0.1, 0.15) is 0 Å². The number of guanidine groups is 1. The Kier molecular flexibility index (Phi) is 8.82. The summed E-state index contributed by atoms with van der Waals surface area (Å²) in [6, 6.07) is 10.9. The van der Waals surface area contributed by atoms with E-state index in [1.807, 2.05) is 0 Å². The number of rotatable bonds is 5. The molecule has 0 spiro atoms. The molecule has 6 heteroatoms. The van der Waals surface area contributed by atoms with E-state index in [0.29, 0.717) is 12.5 Å². The molecule has 152 valence electrons. The highest BCUT2D eigenvalue weighted by molar-refractivity contribution is 14.0. The van der Waals surface area contributed by atoms with Gasteiger partial charge in [-0.05, 0) is 44.1 Å². The number of nitrogens with one attached hydrogen (secondary N) is 1. The molecule has 1 unspecified atom stereocenters. The van der Waals surface area contributed by atoms with Crippen molar-refractivity contribution in [2.45, 2.75) is 51.1 Å². The van der Waals surface area contributed by atoms with Gasteiger partial charge in [0.15, 0.2) is 5.96 Å². The summed E-state index contributed by atoms with van der Waals surface area (Å²) in [5.74, 6) is 1.51. The van der Waals surface area contributed by atoms with Gasteiger partial charge in [-0.25, -0.2) is 0 Å². The Labute approximate surface area is 181 Å². The molecule has 0 bridgehead atoms. The highest BCUT2D eigenvalue weighted by Gasteiger charge is 2.34. The first kappa shape index (κ1) is 22.4. The largest absolute Gasteiger partial charge is 0.381 e. The van der Waals surface area contributed by atoms with Crippen LogP contribution in [-0.4, -0.2) is 49.2 Å². The minimum Gasteiger partial charge on any atom is -0.381 e. The molecule has 1 aromatic rings. The van der Waals surface area contributed by atoms with Crippen LogP contribution in [0.15, 0.2) is 35.3 Å². The highest BCUT2D eigenvalue weighted by Crippen LogP contribution is 2.26. The second-order valence-electron chi connectivity index (χ2n) is 8.01. The number of hydrogen-bond acceptors (Lipinski definition) is 3. The summed E-state index contributed by atoms with van der Waals surface area (Å²) < 4.78 is 5.62. The van der Waals surface area contributed by atoms with Gasteiger partial charge in [0.2, 0.25) is 0 Å². The van der Waals surface area contributed by atoms with E-state index in [2.05, 4.69) is 54.4 Å². The molecule has 0 aliphatic carbocycles. The van der Waals surface area contributed by atoms with Crippen molar-refractivity contribution in [3.05, 3.63) is 35.9 Å². The normalized spacial score (nSPS) is 22.1. The number of piperidine rings is 1. The molecule has 2 saturated heterocycles. The first-order valence-electron chi connectivity index (χ1n) is 10.0. The Balaban J connectivity index is 0.00000261. The zero-order chi connectivity index (χ0) is 18.4. The van der Waals surface area contributed by atoms with Crippen LogP contribution in [0.3, 0.4) is 0 Å². The van der Waals surface area contributed by atoms with E-state index in [4.69, 9.17) is 15.5 Å². The Bertz CT molecular complexity index is 581. The fraction of sp³-hybridized carbons (Fsp3) is 0.667. The summed E-state index contributed by atoms with van der Waals surface area (Å²) in [6.45, 7) is 8.88. The average Bonchev–Trinajstić information content (AvgIpc) is 2.68. The van der Waals surface area contributed by atoms with E-state index >= 15 is 0 Å². The van der Waals surface area contributed by atoms with Gasteiger partial charge in [-0.1, -0.05) is 37.3 Å². The van der Waals surface area contributed by atoms with Crippen molar-refractivity contribution in [2.75, 3.05) is 32.8 Å². The molecule has 2 aliphatic rings. The predicted molar refractivity (Wildman–Crippen MR) is 123 cm³/mol. The van der Waals surface area contributed by atoms with Gasteiger partial charge in [-0.3, -0.25) is 4.99 Å². The maximum atomic E-state index is 6.33. The number of aliphatic imine (C=N–C) groups is 1. The van der Waals surface area contributed by atoms with Gasteiger partial charge in [0, 0.05) is 37.9 Å². The fourth-order valence-corrected chi connectivity index (χ4v) is 3.96. The molecule has 3 rings (SSSR count).